The number of para-hydroxylation sites is 1. The molecule has 0 aliphatic carbocycles. The van der Waals surface area contributed by atoms with Gasteiger partial charge in [0.25, 0.3) is 0 Å². The molecule has 128 valence electrons. The van der Waals surface area contributed by atoms with Gasteiger partial charge in [-0.1, -0.05) is 36.7 Å². The Kier molecular flexibility index (Phi) is 5.76. The van der Waals surface area contributed by atoms with Crippen molar-refractivity contribution in [2.24, 2.45) is 0 Å². The van der Waals surface area contributed by atoms with Gasteiger partial charge in [0.2, 0.25) is 5.91 Å². The van der Waals surface area contributed by atoms with Crippen LogP contribution in [-0.4, -0.2) is 30.5 Å². The number of thiophene rings is 1. The molecule has 3 rings (SSSR count). The predicted octanol–water partition coefficient (Wildman–Crippen LogP) is 3.86. The second kappa shape index (κ2) is 8.01. The number of halogens is 1. The third-order valence-electron chi connectivity index (χ3n) is 4.12. The highest BCUT2D eigenvalue weighted by molar-refractivity contribution is 7.16. The number of rotatable bonds is 6. The van der Waals surface area contributed by atoms with E-state index in [1.54, 1.807) is 11.3 Å². The van der Waals surface area contributed by atoms with Gasteiger partial charge in [0.1, 0.15) is 5.75 Å². The number of likely N-dealkylation sites (N-methyl/N-ethyl adjacent to an activating group) is 1. The summed E-state index contributed by atoms with van der Waals surface area (Å²) in [6.45, 7) is 4.63. The average molecular weight is 365 g/mol. The molecule has 0 spiro atoms. The normalized spacial score (nSPS) is 16.5. The third-order valence-corrected chi connectivity index (χ3v) is 5.33. The molecule has 0 radical (unpaired) electrons. The molecule has 1 aliphatic rings. The first kappa shape index (κ1) is 17.3. The molecule has 24 heavy (non-hydrogen) atoms. The summed E-state index contributed by atoms with van der Waals surface area (Å²) in [6, 6.07) is 11.8. The Bertz CT molecular complexity index is 704. The molecule has 0 fully saturated rings. The highest BCUT2D eigenvalue weighted by atomic mass is 35.5. The van der Waals surface area contributed by atoms with E-state index >= 15 is 0 Å². The fraction of sp³-hybridized carbons (Fsp3) is 0.389. The summed E-state index contributed by atoms with van der Waals surface area (Å²) in [5.41, 5.74) is 1.06. The van der Waals surface area contributed by atoms with Gasteiger partial charge in [0.15, 0.2) is 0 Å². The fourth-order valence-corrected chi connectivity index (χ4v) is 4.00. The van der Waals surface area contributed by atoms with Crippen LogP contribution in [0.25, 0.3) is 0 Å². The van der Waals surface area contributed by atoms with Crippen LogP contribution >= 0.6 is 22.9 Å². The SMILES string of the molecule is CCN(CC(=O)NC1CCOc2ccccc21)Cc1ccc(Cl)s1. The lowest BCUT2D eigenvalue weighted by Crippen LogP contribution is -2.39. The van der Waals surface area contributed by atoms with Crippen molar-refractivity contribution in [3.05, 3.63) is 51.2 Å². The summed E-state index contributed by atoms with van der Waals surface area (Å²) in [4.78, 5) is 15.8. The maximum atomic E-state index is 12.5. The zero-order valence-electron chi connectivity index (χ0n) is 13.6. The molecule has 1 aromatic heterocycles. The van der Waals surface area contributed by atoms with Crippen LogP contribution < -0.4 is 10.1 Å². The molecule has 6 heteroatoms. The second-order valence-electron chi connectivity index (χ2n) is 5.80. The summed E-state index contributed by atoms with van der Waals surface area (Å²) in [7, 11) is 0. The molecule has 1 N–H and O–H groups in total. The average Bonchev–Trinajstić information content (AvgIpc) is 2.99. The Morgan fingerprint density at radius 3 is 2.96 bits per heavy atom. The predicted molar refractivity (Wildman–Crippen MR) is 97.7 cm³/mol. The minimum atomic E-state index is 0.0253. The van der Waals surface area contributed by atoms with Crippen LogP contribution in [0.4, 0.5) is 0 Å². The monoisotopic (exact) mass is 364 g/mol. The maximum absolute atomic E-state index is 12.5. The highest BCUT2D eigenvalue weighted by Gasteiger charge is 2.23. The van der Waals surface area contributed by atoms with Crippen molar-refractivity contribution in [1.82, 2.24) is 10.2 Å². The molecular formula is C18H21ClN2O2S. The number of fused-ring (bicyclic) bond motifs is 1. The quantitative estimate of drug-likeness (QED) is 0.846. The Hall–Kier alpha value is -1.56. The fourth-order valence-electron chi connectivity index (χ4n) is 2.87. The molecule has 1 unspecified atom stereocenters. The van der Waals surface area contributed by atoms with Gasteiger partial charge in [-0.25, -0.2) is 0 Å². The van der Waals surface area contributed by atoms with Gasteiger partial charge in [-0.15, -0.1) is 11.3 Å². The molecule has 0 bridgehead atoms. The van der Waals surface area contributed by atoms with E-state index in [1.807, 2.05) is 36.4 Å². The number of ether oxygens (including phenoxy) is 1. The van der Waals surface area contributed by atoms with E-state index in [1.165, 1.54) is 4.88 Å². The molecule has 0 saturated carbocycles. The van der Waals surface area contributed by atoms with E-state index < -0.39 is 0 Å². The summed E-state index contributed by atoms with van der Waals surface area (Å²) < 4.78 is 6.43. The van der Waals surface area contributed by atoms with E-state index in [-0.39, 0.29) is 11.9 Å². The molecular weight excluding hydrogens is 344 g/mol. The molecule has 1 amide bonds. The van der Waals surface area contributed by atoms with Gasteiger partial charge in [0, 0.05) is 23.4 Å². The van der Waals surface area contributed by atoms with Gasteiger partial charge in [-0.2, -0.15) is 0 Å². The lowest BCUT2D eigenvalue weighted by atomic mass is 10.0. The van der Waals surface area contributed by atoms with Crippen molar-refractivity contribution >= 4 is 28.8 Å². The molecule has 2 heterocycles. The van der Waals surface area contributed by atoms with Crippen LogP contribution in [0.1, 0.15) is 29.8 Å². The second-order valence-corrected chi connectivity index (χ2v) is 7.60. The molecule has 2 aromatic rings. The first-order valence-electron chi connectivity index (χ1n) is 8.13. The Labute approximate surface area is 151 Å². The highest BCUT2D eigenvalue weighted by Crippen LogP contribution is 2.31. The third kappa shape index (κ3) is 4.29. The first-order chi connectivity index (χ1) is 11.7. The van der Waals surface area contributed by atoms with E-state index in [2.05, 4.69) is 17.1 Å². The number of nitrogens with one attached hydrogen (secondary N) is 1. The zero-order chi connectivity index (χ0) is 16.9. The molecule has 4 nitrogen and oxygen atoms in total. The minimum Gasteiger partial charge on any atom is -0.493 e. The zero-order valence-corrected chi connectivity index (χ0v) is 15.2. The number of nitrogens with zero attached hydrogens (tertiary/aromatic N) is 1. The van der Waals surface area contributed by atoms with Crippen molar-refractivity contribution in [2.75, 3.05) is 19.7 Å². The lowest BCUT2D eigenvalue weighted by molar-refractivity contribution is -0.123. The Morgan fingerprint density at radius 1 is 1.38 bits per heavy atom. The Balaban J connectivity index is 1.59. The number of hydrogen-bond acceptors (Lipinski definition) is 4. The Morgan fingerprint density at radius 2 is 2.21 bits per heavy atom. The van der Waals surface area contributed by atoms with Crippen LogP contribution in [-0.2, 0) is 11.3 Å². The first-order valence-corrected chi connectivity index (χ1v) is 9.33. The van der Waals surface area contributed by atoms with Gasteiger partial charge in [0.05, 0.1) is 23.5 Å². The number of hydrogen-bond donors (Lipinski definition) is 1. The summed E-state index contributed by atoms with van der Waals surface area (Å²) in [5.74, 6) is 0.913. The van der Waals surface area contributed by atoms with Crippen molar-refractivity contribution < 1.29 is 9.53 Å². The maximum Gasteiger partial charge on any atom is 0.234 e. The van der Waals surface area contributed by atoms with Crippen molar-refractivity contribution in [1.29, 1.82) is 0 Å². The molecule has 1 atom stereocenters. The van der Waals surface area contributed by atoms with Gasteiger partial charge >= 0.3 is 0 Å². The molecule has 1 aromatic carbocycles. The van der Waals surface area contributed by atoms with Crippen LogP contribution in [0.15, 0.2) is 36.4 Å². The summed E-state index contributed by atoms with van der Waals surface area (Å²) in [5, 5.41) is 3.15. The summed E-state index contributed by atoms with van der Waals surface area (Å²) >= 11 is 7.54. The van der Waals surface area contributed by atoms with Crippen LogP contribution in [0.3, 0.4) is 0 Å². The number of amides is 1. The van der Waals surface area contributed by atoms with Crippen molar-refractivity contribution in [2.45, 2.75) is 25.9 Å². The van der Waals surface area contributed by atoms with Gasteiger partial charge < -0.3 is 10.1 Å². The van der Waals surface area contributed by atoms with Crippen LogP contribution in [0, 0.1) is 0 Å². The smallest absolute Gasteiger partial charge is 0.234 e. The van der Waals surface area contributed by atoms with Crippen molar-refractivity contribution in [3.63, 3.8) is 0 Å². The molecule has 1 aliphatic heterocycles. The summed E-state index contributed by atoms with van der Waals surface area (Å²) in [6.07, 6.45) is 0.801. The number of benzene rings is 1. The largest absolute Gasteiger partial charge is 0.493 e. The van der Waals surface area contributed by atoms with Gasteiger partial charge in [-0.05, 0) is 24.7 Å². The minimum absolute atomic E-state index is 0.0253. The standard InChI is InChI=1S/C18H21ClN2O2S/c1-2-21(11-13-7-8-17(19)24-13)12-18(22)20-15-9-10-23-16-6-4-3-5-14(15)16/h3-8,15H,2,9-12H2,1H3,(H,20,22). The van der Waals surface area contributed by atoms with E-state index in [9.17, 15) is 4.79 Å². The van der Waals surface area contributed by atoms with E-state index in [0.29, 0.717) is 13.2 Å². The number of carbonyl (C=O) groups is 1. The van der Waals surface area contributed by atoms with Crippen LogP contribution in [0.2, 0.25) is 4.34 Å². The lowest BCUT2D eigenvalue weighted by Gasteiger charge is -2.27. The number of carbonyl (C=O) groups excluding carboxylic acids is 1. The van der Waals surface area contributed by atoms with Gasteiger partial charge in [-0.3, -0.25) is 9.69 Å². The van der Waals surface area contributed by atoms with Crippen LogP contribution in [0.5, 0.6) is 5.75 Å². The van der Waals surface area contributed by atoms with E-state index in [0.717, 1.165) is 35.2 Å². The van der Waals surface area contributed by atoms with Crippen molar-refractivity contribution in [3.8, 4) is 5.75 Å². The molecule has 0 saturated heterocycles. The topological polar surface area (TPSA) is 41.6 Å². The van der Waals surface area contributed by atoms with E-state index in [4.69, 9.17) is 16.3 Å².